The number of amides is 2. The Bertz CT molecular complexity index is 812. The number of rotatable bonds is 7. The lowest BCUT2D eigenvalue weighted by molar-refractivity contribution is -0.119. The fourth-order valence-electron chi connectivity index (χ4n) is 4.34. The highest BCUT2D eigenvalue weighted by Gasteiger charge is 2.33. The van der Waals surface area contributed by atoms with E-state index in [1.54, 1.807) is 12.1 Å². The minimum Gasteiger partial charge on any atom is -0.442 e. The Morgan fingerprint density at radius 1 is 1.09 bits per heavy atom. The molecule has 3 saturated heterocycles. The molecule has 0 saturated carbocycles. The molecule has 0 aliphatic carbocycles. The van der Waals surface area contributed by atoms with Crippen molar-refractivity contribution in [2.24, 2.45) is 0 Å². The second-order valence-electron chi connectivity index (χ2n) is 8.47. The maximum absolute atomic E-state index is 14.9. The van der Waals surface area contributed by atoms with Gasteiger partial charge in [0.2, 0.25) is 5.91 Å². The molecule has 1 aromatic rings. The van der Waals surface area contributed by atoms with Gasteiger partial charge in [0, 0.05) is 59.3 Å². The second kappa shape index (κ2) is 10.5. The van der Waals surface area contributed by atoms with Crippen LogP contribution < -0.4 is 15.1 Å². The van der Waals surface area contributed by atoms with E-state index in [-0.39, 0.29) is 24.8 Å². The number of cyclic esters (lactones) is 1. The number of anilines is 2. The van der Waals surface area contributed by atoms with E-state index in [4.69, 9.17) is 9.47 Å². The number of ether oxygens (including phenoxy) is 2. The molecular weight excluding hydrogens is 417 g/mol. The molecule has 3 aliphatic rings. The van der Waals surface area contributed by atoms with Gasteiger partial charge >= 0.3 is 6.09 Å². The molecular formula is C22H32FN5O4. The number of piperazine rings is 1. The maximum atomic E-state index is 14.9. The van der Waals surface area contributed by atoms with Gasteiger partial charge in [-0.2, -0.15) is 0 Å². The fraction of sp³-hybridized carbons (Fsp3) is 0.636. The Balaban J connectivity index is 1.28. The van der Waals surface area contributed by atoms with Gasteiger partial charge in [0.05, 0.1) is 37.7 Å². The molecule has 3 aliphatic heterocycles. The van der Waals surface area contributed by atoms with Gasteiger partial charge in [-0.05, 0) is 18.2 Å². The molecule has 1 atom stereocenters. The molecule has 176 valence electrons. The van der Waals surface area contributed by atoms with E-state index in [1.807, 2.05) is 0 Å². The highest BCUT2D eigenvalue weighted by molar-refractivity contribution is 5.90. The molecule has 3 heterocycles. The summed E-state index contributed by atoms with van der Waals surface area (Å²) in [5.74, 6) is -0.529. The molecule has 0 aromatic heterocycles. The number of hydrogen-bond donors (Lipinski definition) is 1. The van der Waals surface area contributed by atoms with E-state index in [1.165, 1.54) is 17.9 Å². The van der Waals surface area contributed by atoms with Gasteiger partial charge in [-0.15, -0.1) is 0 Å². The highest BCUT2D eigenvalue weighted by atomic mass is 19.1. The lowest BCUT2D eigenvalue weighted by atomic mass is 10.2. The molecule has 3 fully saturated rings. The van der Waals surface area contributed by atoms with Crippen molar-refractivity contribution < 1.29 is 23.5 Å². The second-order valence-corrected chi connectivity index (χ2v) is 8.47. The molecule has 2 amide bonds. The normalized spacial score (nSPS) is 22.8. The average Bonchev–Trinajstić information content (AvgIpc) is 3.18. The minimum absolute atomic E-state index is 0.184. The van der Waals surface area contributed by atoms with Crippen LogP contribution in [0.1, 0.15) is 6.92 Å². The molecule has 1 N–H and O–H groups in total. The molecule has 32 heavy (non-hydrogen) atoms. The van der Waals surface area contributed by atoms with E-state index in [0.29, 0.717) is 11.4 Å². The first-order valence-electron chi connectivity index (χ1n) is 11.3. The lowest BCUT2D eigenvalue weighted by Crippen LogP contribution is -2.49. The molecule has 0 unspecified atom stereocenters. The van der Waals surface area contributed by atoms with E-state index in [2.05, 4.69) is 20.0 Å². The molecule has 0 radical (unpaired) electrons. The van der Waals surface area contributed by atoms with E-state index < -0.39 is 12.2 Å². The number of benzene rings is 1. The van der Waals surface area contributed by atoms with Crippen LogP contribution in [0.5, 0.6) is 0 Å². The quantitative estimate of drug-likeness (QED) is 0.658. The number of hydrogen-bond acceptors (Lipinski definition) is 7. The third kappa shape index (κ3) is 5.67. The summed E-state index contributed by atoms with van der Waals surface area (Å²) in [4.78, 5) is 31.6. The van der Waals surface area contributed by atoms with Crippen LogP contribution in [0, 0.1) is 5.82 Å². The number of carbonyl (C=O) groups excluding carboxylic acids is 2. The van der Waals surface area contributed by atoms with Crippen LogP contribution in [0.4, 0.5) is 20.6 Å². The van der Waals surface area contributed by atoms with Gasteiger partial charge in [-0.1, -0.05) is 0 Å². The first-order chi connectivity index (χ1) is 15.5. The zero-order valence-electron chi connectivity index (χ0n) is 18.6. The molecule has 1 aromatic carbocycles. The van der Waals surface area contributed by atoms with E-state index in [9.17, 15) is 14.0 Å². The van der Waals surface area contributed by atoms with Crippen LogP contribution in [0.3, 0.4) is 0 Å². The van der Waals surface area contributed by atoms with Crippen LogP contribution in [0.25, 0.3) is 0 Å². The third-order valence-corrected chi connectivity index (χ3v) is 6.24. The average molecular weight is 450 g/mol. The van der Waals surface area contributed by atoms with Crippen molar-refractivity contribution >= 4 is 23.4 Å². The minimum atomic E-state index is -0.526. The van der Waals surface area contributed by atoms with Crippen molar-refractivity contribution in [3.05, 3.63) is 24.0 Å². The zero-order chi connectivity index (χ0) is 22.5. The van der Waals surface area contributed by atoms with Gasteiger partial charge in [0.25, 0.3) is 0 Å². The SMILES string of the molecule is CC(=O)NC[C@H]1CN(c2ccc(N3CCN(CCN4CCOCC4)CC3)c(F)c2)C(=O)O1. The fourth-order valence-corrected chi connectivity index (χ4v) is 4.34. The van der Waals surface area contributed by atoms with Gasteiger partial charge in [0.1, 0.15) is 11.9 Å². The summed E-state index contributed by atoms with van der Waals surface area (Å²) in [6.07, 6.45) is -0.971. The summed E-state index contributed by atoms with van der Waals surface area (Å²) in [5.41, 5.74) is 1.02. The predicted molar refractivity (Wildman–Crippen MR) is 119 cm³/mol. The van der Waals surface area contributed by atoms with Gasteiger partial charge in [-0.3, -0.25) is 19.5 Å². The lowest BCUT2D eigenvalue weighted by Gasteiger charge is -2.37. The number of halogens is 1. The summed E-state index contributed by atoms with van der Waals surface area (Å²) in [5, 5.41) is 2.64. The van der Waals surface area contributed by atoms with Crippen LogP contribution in [0.2, 0.25) is 0 Å². The number of nitrogens with one attached hydrogen (secondary N) is 1. The standard InChI is InChI=1S/C22H32FN5O4/c1-17(29)24-15-19-16-28(22(30)32-19)18-2-3-21(20(23)14-18)27-8-6-25(7-9-27)4-5-26-10-12-31-13-11-26/h2-3,14,19H,4-13,15-16H2,1H3,(H,24,29)/t19-/m0/s1. The van der Waals surface area contributed by atoms with Crippen LogP contribution >= 0.6 is 0 Å². The van der Waals surface area contributed by atoms with Crippen molar-refractivity contribution in [2.45, 2.75) is 13.0 Å². The number of carbonyl (C=O) groups is 2. The molecule has 0 spiro atoms. The summed E-state index contributed by atoms with van der Waals surface area (Å²) in [7, 11) is 0. The topological polar surface area (TPSA) is 77.6 Å². The Morgan fingerprint density at radius 3 is 2.44 bits per heavy atom. The van der Waals surface area contributed by atoms with Crippen molar-refractivity contribution in [3.8, 4) is 0 Å². The molecule has 9 nitrogen and oxygen atoms in total. The third-order valence-electron chi connectivity index (χ3n) is 6.24. The molecule has 10 heteroatoms. The van der Waals surface area contributed by atoms with Gasteiger partial charge < -0.3 is 19.7 Å². The van der Waals surface area contributed by atoms with Crippen molar-refractivity contribution in [3.63, 3.8) is 0 Å². The summed E-state index contributed by atoms with van der Waals surface area (Å²) in [6, 6.07) is 4.88. The monoisotopic (exact) mass is 449 g/mol. The van der Waals surface area contributed by atoms with Crippen molar-refractivity contribution in [1.29, 1.82) is 0 Å². The van der Waals surface area contributed by atoms with Crippen molar-refractivity contribution in [2.75, 3.05) is 88.5 Å². The van der Waals surface area contributed by atoms with E-state index in [0.717, 1.165) is 65.6 Å². The first kappa shape index (κ1) is 22.8. The van der Waals surface area contributed by atoms with E-state index >= 15 is 0 Å². The Hall–Kier alpha value is -2.43. The molecule has 4 rings (SSSR count). The van der Waals surface area contributed by atoms with Gasteiger partial charge in [-0.25, -0.2) is 9.18 Å². The van der Waals surface area contributed by atoms with Crippen LogP contribution in [0.15, 0.2) is 18.2 Å². The number of morpholine rings is 1. The summed E-state index contributed by atoms with van der Waals surface area (Å²) >= 11 is 0. The van der Waals surface area contributed by atoms with Crippen LogP contribution in [-0.4, -0.2) is 107 Å². The molecule has 0 bridgehead atoms. The number of nitrogens with zero attached hydrogens (tertiary/aromatic N) is 4. The first-order valence-corrected chi connectivity index (χ1v) is 11.3. The predicted octanol–water partition coefficient (Wildman–Crippen LogP) is 0.741. The zero-order valence-corrected chi connectivity index (χ0v) is 18.6. The van der Waals surface area contributed by atoms with Crippen LogP contribution in [-0.2, 0) is 14.3 Å². The highest BCUT2D eigenvalue weighted by Crippen LogP contribution is 2.28. The maximum Gasteiger partial charge on any atom is 0.414 e. The smallest absolute Gasteiger partial charge is 0.414 e. The van der Waals surface area contributed by atoms with Crippen molar-refractivity contribution in [1.82, 2.24) is 15.1 Å². The Labute approximate surface area is 188 Å². The summed E-state index contributed by atoms with van der Waals surface area (Å²) < 4.78 is 25.6. The Morgan fingerprint density at radius 2 is 1.78 bits per heavy atom. The Kier molecular flexibility index (Phi) is 7.44. The summed E-state index contributed by atoms with van der Waals surface area (Å²) in [6.45, 7) is 10.9. The largest absolute Gasteiger partial charge is 0.442 e. The van der Waals surface area contributed by atoms with Gasteiger partial charge in [0.15, 0.2) is 0 Å².